The maximum atomic E-state index is 4.91. The Morgan fingerprint density at radius 3 is 1.28 bits per heavy atom. The molecule has 1 aliphatic rings. The van der Waals surface area contributed by atoms with Crippen LogP contribution in [0, 0.1) is 13.8 Å². The normalized spacial score (nSPS) is 13.2. The van der Waals surface area contributed by atoms with Crippen LogP contribution in [0.5, 0.6) is 0 Å². The summed E-state index contributed by atoms with van der Waals surface area (Å²) in [5, 5.41) is 4.86. The molecule has 0 fully saturated rings. The molecule has 0 bridgehead atoms. The molecule has 11 rings (SSSR count). The zero-order chi connectivity index (χ0) is 35.3. The fourth-order valence-electron chi connectivity index (χ4n) is 9.21. The molecule has 250 valence electrons. The number of aromatic nitrogens is 4. The topological polar surface area (TPSA) is 35.6 Å². The summed E-state index contributed by atoms with van der Waals surface area (Å²) in [6.07, 6.45) is 3.83. The molecule has 0 N–H and O–H groups in total. The Labute approximate surface area is 307 Å². The predicted octanol–water partition coefficient (Wildman–Crippen LogP) is 11.7. The Bertz CT molecular complexity index is 2900. The second-order valence-electron chi connectivity index (χ2n) is 14.4. The highest BCUT2D eigenvalue weighted by atomic mass is 15.1. The quantitative estimate of drug-likeness (QED) is 0.186. The Morgan fingerprint density at radius 1 is 0.396 bits per heavy atom. The van der Waals surface area contributed by atoms with E-state index in [9.17, 15) is 0 Å². The highest BCUT2D eigenvalue weighted by Crippen LogP contribution is 2.57. The molecule has 0 atom stereocenters. The maximum Gasteiger partial charge on any atom is 0.137 e. The van der Waals surface area contributed by atoms with Gasteiger partial charge in [0.05, 0.1) is 27.5 Å². The first kappa shape index (κ1) is 29.9. The molecule has 53 heavy (non-hydrogen) atoms. The van der Waals surface area contributed by atoms with Crippen molar-refractivity contribution in [2.75, 3.05) is 0 Å². The van der Waals surface area contributed by atoms with Crippen molar-refractivity contribution >= 4 is 43.6 Å². The number of para-hydroxylation sites is 2. The van der Waals surface area contributed by atoms with Crippen LogP contribution in [-0.4, -0.2) is 19.1 Å². The number of hydrogen-bond donors (Lipinski definition) is 0. The summed E-state index contributed by atoms with van der Waals surface area (Å²) in [6.45, 7) is 4.27. The molecule has 0 amide bonds. The van der Waals surface area contributed by atoms with Gasteiger partial charge in [0, 0.05) is 33.9 Å². The minimum absolute atomic E-state index is 0.599. The lowest BCUT2D eigenvalue weighted by Crippen LogP contribution is -2.28. The molecule has 1 aliphatic carbocycles. The van der Waals surface area contributed by atoms with Gasteiger partial charge in [-0.05, 0) is 107 Å². The summed E-state index contributed by atoms with van der Waals surface area (Å²) >= 11 is 0. The van der Waals surface area contributed by atoms with Gasteiger partial charge in [-0.3, -0.25) is 9.13 Å². The van der Waals surface area contributed by atoms with Crippen LogP contribution in [0.1, 0.15) is 33.4 Å². The molecule has 4 nitrogen and oxygen atoms in total. The second-order valence-corrected chi connectivity index (χ2v) is 14.4. The third-order valence-corrected chi connectivity index (χ3v) is 11.4. The third kappa shape index (κ3) is 4.12. The molecule has 6 aromatic carbocycles. The molecule has 0 unspecified atom stereocenters. The van der Waals surface area contributed by atoms with Crippen LogP contribution in [-0.2, 0) is 5.41 Å². The number of hydrogen-bond acceptors (Lipinski definition) is 2. The molecule has 0 saturated carbocycles. The van der Waals surface area contributed by atoms with E-state index in [1.165, 1.54) is 66.1 Å². The van der Waals surface area contributed by atoms with Crippen LogP contribution in [0.3, 0.4) is 0 Å². The van der Waals surface area contributed by atoms with Gasteiger partial charge in [-0.25, -0.2) is 9.97 Å². The largest absolute Gasteiger partial charge is 0.294 e. The highest BCUT2D eigenvalue weighted by Gasteiger charge is 2.46. The summed E-state index contributed by atoms with van der Waals surface area (Å²) < 4.78 is 4.68. The number of fused-ring (bicyclic) bond motifs is 9. The second kappa shape index (κ2) is 11.1. The summed E-state index contributed by atoms with van der Waals surface area (Å²) in [6, 6.07) is 58.1. The van der Waals surface area contributed by atoms with Crippen molar-refractivity contribution in [2.45, 2.75) is 19.3 Å². The van der Waals surface area contributed by atoms with Crippen molar-refractivity contribution in [1.82, 2.24) is 19.1 Å². The SMILES string of the molecule is Cc1ccnc(-n2c3ccccc3c3ccc(C4(c5ccc6c7ccccc7n(-c7cc(C)ccn7)c6c5)c5ccccc5-c5ccccc54)cc32)c1. The van der Waals surface area contributed by atoms with Crippen LogP contribution >= 0.6 is 0 Å². The van der Waals surface area contributed by atoms with E-state index in [1.54, 1.807) is 0 Å². The van der Waals surface area contributed by atoms with Crippen LogP contribution in [0.4, 0.5) is 0 Å². The maximum absolute atomic E-state index is 4.91. The van der Waals surface area contributed by atoms with E-state index in [-0.39, 0.29) is 0 Å². The average molecular weight is 679 g/mol. The molecule has 4 heteroatoms. The summed E-state index contributed by atoms with van der Waals surface area (Å²) in [7, 11) is 0. The Balaban J connectivity index is 1.28. The average Bonchev–Trinajstić information content (AvgIpc) is 3.82. The first-order valence-corrected chi connectivity index (χ1v) is 18.2. The lowest BCUT2D eigenvalue weighted by molar-refractivity contribution is 0.770. The van der Waals surface area contributed by atoms with E-state index < -0.39 is 5.41 Å². The zero-order valence-electron chi connectivity index (χ0n) is 29.5. The summed E-state index contributed by atoms with van der Waals surface area (Å²) in [5.41, 5.74) is 13.9. The molecule has 0 aliphatic heterocycles. The van der Waals surface area contributed by atoms with Crippen LogP contribution in [0.2, 0.25) is 0 Å². The molecule has 4 heterocycles. The standard InChI is InChI=1S/C49H34N4/c1-31-23-25-50-47(27-31)52-43-17-9-5-13-37(43)39-21-19-33(29-45(39)52)49(41-15-7-3-11-35(41)36-12-4-8-16-42(36)49)34-20-22-40-38-14-6-10-18-44(38)53(46(40)30-34)48-28-32(2)24-26-51-48/h3-30H,1-2H3. The van der Waals surface area contributed by atoms with Gasteiger partial charge in [0.2, 0.25) is 0 Å². The van der Waals surface area contributed by atoms with Gasteiger partial charge < -0.3 is 0 Å². The van der Waals surface area contributed by atoms with Gasteiger partial charge in [-0.2, -0.15) is 0 Å². The Kier molecular flexibility index (Phi) is 6.27. The highest BCUT2D eigenvalue weighted by molar-refractivity contribution is 6.11. The Hall–Kier alpha value is -6.78. The monoisotopic (exact) mass is 678 g/mol. The first-order chi connectivity index (χ1) is 26.1. The summed E-state index contributed by atoms with van der Waals surface area (Å²) in [4.78, 5) is 9.82. The molecule has 0 radical (unpaired) electrons. The molecule has 0 saturated heterocycles. The third-order valence-electron chi connectivity index (χ3n) is 11.4. The minimum Gasteiger partial charge on any atom is -0.294 e. The lowest BCUT2D eigenvalue weighted by atomic mass is 9.67. The lowest BCUT2D eigenvalue weighted by Gasteiger charge is -2.34. The summed E-state index contributed by atoms with van der Waals surface area (Å²) in [5.74, 6) is 1.84. The van der Waals surface area contributed by atoms with Crippen molar-refractivity contribution in [3.05, 3.63) is 203 Å². The first-order valence-electron chi connectivity index (χ1n) is 18.2. The van der Waals surface area contributed by atoms with Gasteiger partial charge in [-0.1, -0.05) is 109 Å². The van der Waals surface area contributed by atoms with Gasteiger partial charge >= 0.3 is 0 Å². The molecular weight excluding hydrogens is 645 g/mol. The number of rotatable bonds is 4. The molecule has 4 aromatic heterocycles. The van der Waals surface area contributed by atoms with Crippen LogP contribution in [0.25, 0.3) is 66.4 Å². The van der Waals surface area contributed by atoms with Gasteiger partial charge in [0.25, 0.3) is 0 Å². The van der Waals surface area contributed by atoms with Crippen LogP contribution < -0.4 is 0 Å². The van der Waals surface area contributed by atoms with Gasteiger partial charge in [0.1, 0.15) is 11.6 Å². The van der Waals surface area contributed by atoms with Crippen molar-refractivity contribution in [3.63, 3.8) is 0 Å². The van der Waals surface area contributed by atoms with E-state index in [0.29, 0.717) is 0 Å². The fourth-order valence-corrected chi connectivity index (χ4v) is 9.21. The Morgan fingerprint density at radius 2 is 0.811 bits per heavy atom. The number of aryl methyl sites for hydroxylation is 2. The van der Waals surface area contributed by atoms with E-state index in [0.717, 1.165) is 33.7 Å². The predicted molar refractivity (Wildman–Crippen MR) is 217 cm³/mol. The van der Waals surface area contributed by atoms with E-state index >= 15 is 0 Å². The van der Waals surface area contributed by atoms with E-state index in [1.807, 2.05) is 12.4 Å². The van der Waals surface area contributed by atoms with Crippen molar-refractivity contribution in [1.29, 1.82) is 0 Å². The van der Waals surface area contributed by atoms with Crippen molar-refractivity contribution < 1.29 is 0 Å². The number of pyridine rings is 2. The van der Waals surface area contributed by atoms with Crippen LogP contribution in [0.15, 0.2) is 170 Å². The molecular formula is C49H34N4. The fraction of sp³-hybridized carbons (Fsp3) is 0.0612. The van der Waals surface area contributed by atoms with E-state index in [4.69, 9.17) is 9.97 Å². The number of benzene rings is 6. The minimum atomic E-state index is -0.599. The van der Waals surface area contributed by atoms with Crippen molar-refractivity contribution in [2.24, 2.45) is 0 Å². The zero-order valence-corrected chi connectivity index (χ0v) is 29.5. The van der Waals surface area contributed by atoms with Gasteiger partial charge in [0.15, 0.2) is 0 Å². The van der Waals surface area contributed by atoms with Gasteiger partial charge in [-0.15, -0.1) is 0 Å². The molecule has 10 aromatic rings. The molecule has 0 spiro atoms. The van der Waals surface area contributed by atoms with Crippen molar-refractivity contribution in [3.8, 4) is 22.8 Å². The smallest absolute Gasteiger partial charge is 0.137 e. The van der Waals surface area contributed by atoms with E-state index in [2.05, 4.69) is 181 Å². The number of nitrogens with zero attached hydrogens (tertiary/aromatic N) is 4.